The van der Waals surface area contributed by atoms with E-state index >= 15 is 0 Å². The Morgan fingerprint density at radius 2 is 1.96 bits per heavy atom. The molecule has 1 aromatic carbocycles. The molecule has 1 N–H and O–H groups in total. The molecule has 0 bridgehead atoms. The molecule has 0 spiro atoms. The van der Waals surface area contributed by atoms with Gasteiger partial charge >= 0.3 is 6.09 Å². The zero-order valence-electron chi connectivity index (χ0n) is 13.2. The van der Waals surface area contributed by atoms with E-state index in [1.54, 1.807) is 45.0 Å². The fraction of sp³-hybridized carbons (Fsp3) is 0.353. The van der Waals surface area contributed by atoms with Crippen LogP contribution in [0.2, 0.25) is 0 Å². The van der Waals surface area contributed by atoms with E-state index in [0.717, 1.165) is 4.90 Å². The highest BCUT2D eigenvalue weighted by molar-refractivity contribution is 6.01. The first-order valence-electron chi connectivity index (χ1n) is 7.15. The number of rotatable bonds is 2. The lowest BCUT2D eigenvalue weighted by Crippen LogP contribution is -2.45. The molecule has 0 fully saturated rings. The van der Waals surface area contributed by atoms with Gasteiger partial charge in [-0.2, -0.15) is 5.26 Å². The standard InChI is InChI=1S/C17H18N2O4/c1-17(2,3)23-16(22)19-13(8-9-14(19)20)15(21)12-6-4-11(10-18)5-7-12/h4-9,13,15,21H,1-3H3/t13-,15+/m0/s1. The molecule has 0 saturated heterocycles. The van der Waals surface area contributed by atoms with Crippen molar-refractivity contribution in [1.29, 1.82) is 5.26 Å². The third-order valence-corrected chi connectivity index (χ3v) is 3.27. The molecule has 0 aliphatic carbocycles. The third kappa shape index (κ3) is 3.76. The summed E-state index contributed by atoms with van der Waals surface area (Å²) in [6, 6.07) is 7.46. The summed E-state index contributed by atoms with van der Waals surface area (Å²) < 4.78 is 5.22. The van der Waals surface area contributed by atoms with Crippen molar-refractivity contribution in [3.8, 4) is 6.07 Å². The SMILES string of the molecule is CC(C)(C)OC(=O)N1C(=O)C=C[C@H]1[C@H](O)c1ccc(C#N)cc1. The van der Waals surface area contributed by atoms with Crippen LogP contribution in [0.1, 0.15) is 38.0 Å². The lowest BCUT2D eigenvalue weighted by molar-refractivity contribution is -0.126. The first-order chi connectivity index (χ1) is 10.7. The van der Waals surface area contributed by atoms with Gasteiger partial charge in [0.2, 0.25) is 0 Å². The number of nitrogens with zero attached hydrogens (tertiary/aromatic N) is 2. The van der Waals surface area contributed by atoms with E-state index in [1.807, 2.05) is 6.07 Å². The van der Waals surface area contributed by atoms with Gasteiger partial charge in [-0.05, 0) is 38.5 Å². The van der Waals surface area contributed by atoms with E-state index in [9.17, 15) is 14.7 Å². The summed E-state index contributed by atoms with van der Waals surface area (Å²) in [7, 11) is 0. The zero-order chi connectivity index (χ0) is 17.2. The molecule has 0 aromatic heterocycles. The van der Waals surface area contributed by atoms with Crippen molar-refractivity contribution in [2.24, 2.45) is 0 Å². The van der Waals surface area contributed by atoms with Gasteiger partial charge in [-0.15, -0.1) is 0 Å². The summed E-state index contributed by atoms with van der Waals surface area (Å²) in [6.07, 6.45) is 0.805. The van der Waals surface area contributed by atoms with Crippen LogP contribution in [0, 0.1) is 11.3 Å². The van der Waals surface area contributed by atoms with Crippen LogP contribution >= 0.6 is 0 Å². The summed E-state index contributed by atoms with van der Waals surface area (Å²) >= 11 is 0. The van der Waals surface area contributed by atoms with Gasteiger partial charge < -0.3 is 9.84 Å². The molecule has 1 heterocycles. The Morgan fingerprint density at radius 3 is 2.48 bits per heavy atom. The van der Waals surface area contributed by atoms with Crippen molar-refractivity contribution < 1.29 is 19.4 Å². The van der Waals surface area contributed by atoms with Crippen LogP contribution in [-0.2, 0) is 9.53 Å². The number of carbonyl (C=O) groups is 2. The Morgan fingerprint density at radius 1 is 1.35 bits per heavy atom. The van der Waals surface area contributed by atoms with Crippen LogP contribution < -0.4 is 0 Å². The van der Waals surface area contributed by atoms with Crippen LogP contribution in [0.15, 0.2) is 36.4 Å². The fourth-order valence-electron chi connectivity index (χ4n) is 2.22. The second-order valence-corrected chi connectivity index (χ2v) is 6.22. The third-order valence-electron chi connectivity index (χ3n) is 3.27. The highest BCUT2D eigenvalue weighted by atomic mass is 16.6. The van der Waals surface area contributed by atoms with Crippen LogP contribution in [0.4, 0.5) is 4.79 Å². The molecule has 1 aromatic rings. The number of hydrogen-bond donors (Lipinski definition) is 1. The molecule has 0 radical (unpaired) electrons. The molecule has 0 unspecified atom stereocenters. The molecule has 2 rings (SSSR count). The maximum atomic E-state index is 12.2. The van der Waals surface area contributed by atoms with Crippen molar-refractivity contribution in [2.75, 3.05) is 0 Å². The maximum Gasteiger partial charge on any atom is 0.417 e. The topological polar surface area (TPSA) is 90.6 Å². The van der Waals surface area contributed by atoms with Gasteiger partial charge in [-0.1, -0.05) is 18.2 Å². The molecule has 1 aliphatic rings. The van der Waals surface area contributed by atoms with Crippen molar-refractivity contribution in [2.45, 2.75) is 38.5 Å². The maximum absolute atomic E-state index is 12.2. The summed E-state index contributed by atoms with van der Waals surface area (Å²) in [4.78, 5) is 25.0. The Labute approximate surface area is 134 Å². The lowest BCUT2D eigenvalue weighted by Gasteiger charge is -2.29. The lowest BCUT2D eigenvalue weighted by atomic mass is 10.0. The minimum atomic E-state index is -1.10. The predicted octanol–water partition coefficient (Wildman–Crippen LogP) is 2.29. The number of aliphatic hydroxyl groups is 1. The Bertz CT molecular complexity index is 680. The van der Waals surface area contributed by atoms with Gasteiger partial charge in [-0.25, -0.2) is 9.69 Å². The molecule has 6 heteroatoms. The first-order valence-corrected chi connectivity index (χ1v) is 7.15. The molecule has 2 atom stereocenters. The Kier molecular flexibility index (Phi) is 4.52. The number of benzene rings is 1. The van der Waals surface area contributed by atoms with Gasteiger partial charge in [0.25, 0.3) is 5.91 Å². The van der Waals surface area contributed by atoms with E-state index in [2.05, 4.69) is 0 Å². The van der Waals surface area contributed by atoms with Crippen molar-refractivity contribution in [3.05, 3.63) is 47.5 Å². The van der Waals surface area contributed by atoms with E-state index in [4.69, 9.17) is 10.00 Å². The van der Waals surface area contributed by atoms with Gasteiger partial charge in [0.1, 0.15) is 11.7 Å². The highest BCUT2D eigenvalue weighted by Gasteiger charge is 2.39. The number of carbonyl (C=O) groups excluding carboxylic acids is 2. The summed E-state index contributed by atoms with van der Waals surface area (Å²) in [5, 5.41) is 19.3. The minimum Gasteiger partial charge on any atom is -0.443 e. The molecule has 23 heavy (non-hydrogen) atoms. The number of ether oxygens (including phenoxy) is 1. The van der Waals surface area contributed by atoms with Crippen molar-refractivity contribution in [1.82, 2.24) is 4.90 Å². The van der Waals surface area contributed by atoms with Gasteiger partial charge in [0.05, 0.1) is 17.7 Å². The molecular weight excluding hydrogens is 296 g/mol. The molecule has 6 nitrogen and oxygen atoms in total. The van der Waals surface area contributed by atoms with E-state index in [1.165, 1.54) is 12.2 Å². The average Bonchev–Trinajstić information content (AvgIpc) is 2.86. The number of imide groups is 1. The second-order valence-electron chi connectivity index (χ2n) is 6.22. The van der Waals surface area contributed by atoms with Crippen LogP contribution in [0.3, 0.4) is 0 Å². The monoisotopic (exact) mass is 314 g/mol. The molecule has 1 aliphatic heterocycles. The van der Waals surface area contributed by atoms with Crippen molar-refractivity contribution in [3.63, 3.8) is 0 Å². The van der Waals surface area contributed by atoms with Gasteiger partial charge in [0.15, 0.2) is 0 Å². The van der Waals surface area contributed by atoms with E-state index in [0.29, 0.717) is 11.1 Å². The van der Waals surface area contributed by atoms with Gasteiger partial charge in [-0.3, -0.25) is 4.79 Å². The van der Waals surface area contributed by atoms with Crippen molar-refractivity contribution >= 4 is 12.0 Å². The smallest absolute Gasteiger partial charge is 0.417 e. The Hall–Kier alpha value is -2.65. The molecule has 0 saturated carbocycles. The van der Waals surface area contributed by atoms with E-state index < -0.39 is 29.7 Å². The number of hydrogen-bond acceptors (Lipinski definition) is 5. The quantitative estimate of drug-likeness (QED) is 0.904. The van der Waals surface area contributed by atoms with E-state index in [-0.39, 0.29) is 0 Å². The van der Waals surface area contributed by atoms with Crippen LogP contribution in [0.25, 0.3) is 0 Å². The highest BCUT2D eigenvalue weighted by Crippen LogP contribution is 2.27. The predicted molar refractivity (Wildman–Crippen MR) is 82.1 cm³/mol. The van der Waals surface area contributed by atoms with Crippen LogP contribution in [-0.4, -0.2) is 33.6 Å². The summed E-state index contributed by atoms with van der Waals surface area (Å²) in [5.41, 5.74) is 0.217. The molecule has 120 valence electrons. The second kappa shape index (κ2) is 6.23. The first kappa shape index (κ1) is 16.7. The minimum absolute atomic E-state index is 0.461. The Balaban J connectivity index is 2.22. The van der Waals surface area contributed by atoms with Crippen LogP contribution in [0.5, 0.6) is 0 Å². The molecular formula is C17H18N2O4. The summed E-state index contributed by atoms with van der Waals surface area (Å²) in [6.45, 7) is 5.10. The number of aliphatic hydroxyl groups excluding tert-OH is 1. The van der Waals surface area contributed by atoms with Gasteiger partial charge in [0, 0.05) is 6.08 Å². The number of nitriles is 1. The molecule has 2 amide bonds. The average molecular weight is 314 g/mol. The zero-order valence-corrected chi connectivity index (χ0v) is 13.2. The summed E-state index contributed by atoms with van der Waals surface area (Å²) in [5.74, 6) is -0.531. The largest absolute Gasteiger partial charge is 0.443 e. The number of amides is 2. The normalized spacial score (nSPS) is 18.7. The fourth-order valence-corrected chi connectivity index (χ4v) is 2.22.